The lowest BCUT2D eigenvalue weighted by Gasteiger charge is -2.35. The molecule has 190 valence electrons. The van der Waals surface area contributed by atoms with Crippen molar-refractivity contribution >= 4 is 0 Å². The lowest BCUT2D eigenvalue weighted by Crippen LogP contribution is -2.26. The Kier molecular flexibility index (Phi) is 8.06. The van der Waals surface area contributed by atoms with E-state index in [4.69, 9.17) is 28.4 Å². The van der Waals surface area contributed by atoms with Gasteiger partial charge >= 0.3 is 0 Å². The molecule has 3 aromatic rings. The Balaban J connectivity index is 1.41. The summed E-state index contributed by atoms with van der Waals surface area (Å²) in [5.41, 5.74) is 3.62. The molecule has 6 heteroatoms. The minimum atomic E-state index is -0.398. The van der Waals surface area contributed by atoms with Gasteiger partial charge in [0.25, 0.3) is 0 Å². The fourth-order valence-electron chi connectivity index (χ4n) is 4.99. The van der Waals surface area contributed by atoms with Crippen LogP contribution in [0.4, 0.5) is 0 Å². The molecule has 2 aliphatic rings. The van der Waals surface area contributed by atoms with E-state index in [1.165, 1.54) is 11.1 Å². The molecule has 36 heavy (non-hydrogen) atoms. The topological polar surface area (TPSA) is 55.4 Å². The first kappa shape index (κ1) is 24.6. The van der Waals surface area contributed by atoms with Crippen molar-refractivity contribution in [3.8, 4) is 17.2 Å². The lowest BCUT2D eigenvalue weighted by molar-refractivity contribution is -0.121. The van der Waals surface area contributed by atoms with Gasteiger partial charge in [-0.1, -0.05) is 48.5 Å². The summed E-state index contributed by atoms with van der Waals surface area (Å²) in [5, 5.41) is 0. The quantitative estimate of drug-likeness (QED) is 0.348. The van der Waals surface area contributed by atoms with Crippen LogP contribution < -0.4 is 14.2 Å². The van der Waals surface area contributed by atoms with Crippen molar-refractivity contribution in [3.05, 3.63) is 89.5 Å². The Morgan fingerprint density at radius 1 is 0.861 bits per heavy atom. The molecule has 3 atom stereocenters. The predicted octanol–water partition coefficient (Wildman–Crippen LogP) is 5.90. The van der Waals surface area contributed by atoms with Crippen LogP contribution in [0, 0.1) is 0 Å². The maximum atomic E-state index is 6.31. The molecule has 3 aromatic carbocycles. The van der Waals surface area contributed by atoms with Crippen molar-refractivity contribution in [3.63, 3.8) is 0 Å². The number of hydrogen-bond donors (Lipinski definition) is 0. The van der Waals surface area contributed by atoms with Crippen molar-refractivity contribution in [1.29, 1.82) is 0 Å². The number of methoxy groups -OCH3 is 2. The van der Waals surface area contributed by atoms with Crippen LogP contribution in [0.5, 0.6) is 17.2 Å². The molecule has 2 aliphatic heterocycles. The number of ether oxygens (including phenoxy) is 6. The SMILES string of the molecule is COC(COc1ccc(C2c3ccc(OC4CCCCO4)cc3OC[C@@H]2c2ccccc2)cc1)OC. The van der Waals surface area contributed by atoms with Crippen LogP contribution in [-0.4, -0.2) is 46.6 Å². The third kappa shape index (κ3) is 5.67. The summed E-state index contributed by atoms with van der Waals surface area (Å²) in [5.74, 6) is 2.75. The van der Waals surface area contributed by atoms with Gasteiger partial charge in [0, 0.05) is 44.1 Å². The van der Waals surface area contributed by atoms with Crippen LogP contribution in [0.3, 0.4) is 0 Å². The molecule has 0 saturated carbocycles. The van der Waals surface area contributed by atoms with E-state index in [1.807, 2.05) is 30.3 Å². The molecule has 0 aliphatic carbocycles. The van der Waals surface area contributed by atoms with E-state index in [0.29, 0.717) is 13.2 Å². The normalized spacial score (nSPS) is 21.5. The minimum Gasteiger partial charge on any atom is -0.492 e. The van der Waals surface area contributed by atoms with E-state index in [1.54, 1.807) is 14.2 Å². The molecule has 5 rings (SSSR count). The number of fused-ring (bicyclic) bond motifs is 1. The third-order valence-corrected chi connectivity index (χ3v) is 6.93. The van der Waals surface area contributed by atoms with Crippen LogP contribution in [0.1, 0.15) is 47.8 Å². The molecule has 0 radical (unpaired) electrons. The summed E-state index contributed by atoms with van der Waals surface area (Å²) in [6.07, 6.45) is 2.56. The van der Waals surface area contributed by atoms with Gasteiger partial charge in [0.2, 0.25) is 0 Å². The van der Waals surface area contributed by atoms with Crippen LogP contribution >= 0.6 is 0 Å². The summed E-state index contributed by atoms with van der Waals surface area (Å²) in [4.78, 5) is 0. The lowest BCUT2D eigenvalue weighted by atomic mass is 9.76. The molecular weight excluding hydrogens is 456 g/mol. The van der Waals surface area contributed by atoms with Crippen molar-refractivity contribution < 1.29 is 28.4 Å². The zero-order valence-electron chi connectivity index (χ0n) is 20.9. The fraction of sp³-hybridized carbons (Fsp3) is 0.400. The van der Waals surface area contributed by atoms with Crippen molar-refractivity contribution in [2.45, 2.75) is 43.7 Å². The van der Waals surface area contributed by atoms with Gasteiger partial charge in [-0.3, -0.25) is 0 Å². The molecule has 0 spiro atoms. The van der Waals surface area contributed by atoms with E-state index >= 15 is 0 Å². The zero-order chi connectivity index (χ0) is 24.7. The number of rotatable bonds is 9. The highest BCUT2D eigenvalue weighted by atomic mass is 16.7. The second-order valence-electron chi connectivity index (χ2n) is 9.20. The molecule has 1 saturated heterocycles. The van der Waals surface area contributed by atoms with Crippen molar-refractivity contribution in [1.82, 2.24) is 0 Å². The molecule has 2 unspecified atom stereocenters. The van der Waals surface area contributed by atoms with Crippen molar-refractivity contribution in [2.75, 3.05) is 34.0 Å². The molecular formula is C30H34O6. The summed E-state index contributed by atoms with van der Waals surface area (Å²) in [6, 6.07) is 25.0. The van der Waals surface area contributed by atoms with Gasteiger partial charge in [0.05, 0.1) is 13.2 Å². The van der Waals surface area contributed by atoms with Gasteiger partial charge in [-0.25, -0.2) is 0 Å². The molecule has 0 bridgehead atoms. The standard InChI is InChI=1S/C30H34O6/c1-31-29(32-2)20-34-23-13-11-22(12-14-23)30-25-16-15-24(36-28-10-6-7-17-33-28)18-27(25)35-19-26(30)21-8-4-3-5-9-21/h3-5,8-9,11-16,18,26,28-30H,6-7,10,17,19-20H2,1-2H3/t26-,28?,30?/m1/s1. The third-order valence-electron chi connectivity index (χ3n) is 6.93. The van der Waals surface area contributed by atoms with Crippen LogP contribution in [0.25, 0.3) is 0 Å². The molecule has 0 amide bonds. The highest BCUT2D eigenvalue weighted by molar-refractivity contribution is 5.51. The average molecular weight is 491 g/mol. The molecule has 1 fully saturated rings. The summed E-state index contributed by atoms with van der Waals surface area (Å²) in [6.45, 7) is 1.67. The van der Waals surface area contributed by atoms with E-state index in [9.17, 15) is 0 Å². The van der Waals surface area contributed by atoms with Gasteiger partial charge in [-0.2, -0.15) is 0 Å². The zero-order valence-corrected chi connectivity index (χ0v) is 20.9. The smallest absolute Gasteiger partial charge is 0.199 e. The Labute approximate surface area is 213 Å². The van der Waals surface area contributed by atoms with E-state index in [-0.39, 0.29) is 18.1 Å². The Hall–Kier alpha value is -3.06. The molecule has 0 N–H and O–H groups in total. The first-order chi connectivity index (χ1) is 17.7. The van der Waals surface area contributed by atoms with Gasteiger partial charge in [-0.05, 0) is 42.2 Å². The molecule has 6 nitrogen and oxygen atoms in total. The van der Waals surface area contributed by atoms with Gasteiger partial charge in [-0.15, -0.1) is 0 Å². The average Bonchev–Trinajstić information content (AvgIpc) is 2.94. The van der Waals surface area contributed by atoms with Crippen LogP contribution in [0.2, 0.25) is 0 Å². The van der Waals surface area contributed by atoms with Gasteiger partial charge in [0.15, 0.2) is 12.6 Å². The van der Waals surface area contributed by atoms with Crippen LogP contribution in [-0.2, 0) is 14.2 Å². The van der Waals surface area contributed by atoms with E-state index in [2.05, 4.69) is 42.5 Å². The maximum absolute atomic E-state index is 6.31. The first-order valence-corrected chi connectivity index (χ1v) is 12.6. The second-order valence-corrected chi connectivity index (χ2v) is 9.20. The summed E-state index contributed by atoms with van der Waals surface area (Å²) in [7, 11) is 3.21. The van der Waals surface area contributed by atoms with Crippen LogP contribution in [0.15, 0.2) is 72.8 Å². The van der Waals surface area contributed by atoms with Gasteiger partial charge in [0.1, 0.15) is 23.9 Å². The highest BCUT2D eigenvalue weighted by Gasteiger charge is 2.34. The van der Waals surface area contributed by atoms with Gasteiger partial charge < -0.3 is 28.4 Å². The Morgan fingerprint density at radius 2 is 1.64 bits per heavy atom. The predicted molar refractivity (Wildman–Crippen MR) is 137 cm³/mol. The second kappa shape index (κ2) is 11.8. The molecule has 0 aromatic heterocycles. The summed E-state index contributed by atoms with van der Waals surface area (Å²) >= 11 is 0. The number of benzene rings is 3. The largest absolute Gasteiger partial charge is 0.492 e. The fourth-order valence-corrected chi connectivity index (χ4v) is 4.99. The maximum Gasteiger partial charge on any atom is 0.199 e. The summed E-state index contributed by atoms with van der Waals surface area (Å²) < 4.78 is 34.5. The minimum absolute atomic E-state index is 0.135. The van der Waals surface area contributed by atoms with E-state index < -0.39 is 6.29 Å². The Morgan fingerprint density at radius 3 is 2.36 bits per heavy atom. The van der Waals surface area contributed by atoms with Crippen molar-refractivity contribution in [2.24, 2.45) is 0 Å². The van der Waals surface area contributed by atoms with E-state index in [0.717, 1.165) is 48.7 Å². The monoisotopic (exact) mass is 490 g/mol. The molecule has 2 heterocycles. The number of hydrogen-bond acceptors (Lipinski definition) is 6. The first-order valence-electron chi connectivity index (χ1n) is 12.6. The highest BCUT2D eigenvalue weighted by Crippen LogP contribution is 2.47. The Bertz CT molecular complexity index is 1090.